The molecule has 1 aliphatic heterocycles. The number of rotatable bonds is 7. The van der Waals surface area contributed by atoms with Crippen molar-refractivity contribution in [3.63, 3.8) is 0 Å². The van der Waals surface area contributed by atoms with Crippen LogP contribution in [0.1, 0.15) is 19.3 Å². The summed E-state index contributed by atoms with van der Waals surface area (Å²) >= 11 is 0. The summed E-state index contributed by atoms with van der Waals surface area (Å²) < 4.78 is 29.3. The van der Waals surface area contributed by atoms with Gasteiger partial charge < -0.3 is 9.84 Å². The summed E-state index contributed by atoms with van der Waals surface area (Å²) in [5, 5.41) is 8.80. The first-order chi connectivity index (χ1) is 8.91. The molecule has 1 aliphatic carbocycles. The van der Waals surface area contributed by atoms with Gasteiger partial charge in [-0.05, 0) is 18.3 Å². The molecule has 0 amide bonds. The maximum Gasteiger partial charge on any atom is 0.303 e. The lowest BCUT2D eigenvalue weighted by atomic mass is 10.1. The number of sulfone groups is 1. The Morgan fingerprint density at radius 2 is 1.89 bits per heavy atom. The third kappa shape index (κ3) is 4.74. The van der Waals surface area contributed by atoms with E-state index in [4.69, 9.17) is 9.84 Å². The summed E-state index contributed by atoms with van der Waals surface area (Å²) in [6.07, 6.45) is 1.41. The largest absolute Gasteiger partial charge is 0.481 e. The highest BCUT2D eigenvalue weighted by Crippen LogP contribution is 2.49. The van der Waals surface area contributed by atoms with E-state index in [1.165, 1.54) is 0 Å². The summed E-state index contributed by atoms with van der Waals surface area (Å²) in [5.41, 5.74) is -0.477. The number of ether oxygens (including phenoxy) is 1. The minimum absolute atomic E-state index is 0.0240. The Morgan fingerprint density at radius 1 is 1.26 bits per heavy atom. The minimum Gasteiger partial charge on any atom is -0.481 e. The van der Waals surface area contributed by atoms with Gasteiger partial charge in [-0.25, -0.2) is 8.42 Å². The molecule has 0 bridgehead atoms. The van der Waals surface area contributed by atoms with E-state index in [1.54, 1.807) is 0 Å². The topological polar surface area (TPSA) is 83.9 Å². The zero-order valence-corrected chi connectivity index (χ0v) is 11.8. The quantitative estimate of drug-likeness (QED) is 0.710. The van der Waals surface area contributed by atoms with Crippen LogP contribution in [0.5, 0.6) is 0 Å². The van der Waals surface area contributed by atoms with E-state index in [1.807, 2.05) is 0 Å². The van der Waals surface area contributed by atoms with Gasteiger partial charge in [0, 0.05) is 19.6 Å². The van der Waals surface area contributed by atoms with Crippen molar-refractivity contribution in [2.45, 2.75) is 19.3 Å². The highest BCUT2D eigenvalue weighted by Gasteiger charge is 2.47. The van der Waals surface area contributed by atoms with Crippen LogP contribution in [0.25, 0.3) is 0 Å². The second kappa shape index (κ2) is 5.76. The number of carboxylic acid groups (broad SMARTS) is 1. The van der Waals surface area contributed by atoms with Crippen molar-refractivity contribution in [1.29, 1.82) is 0 Å². The van der Waals surface area contributed by atoms with Crippen molar-refractivity contribution in [2.24, 2.45) is 5.41 Å². The van der Waals surface area contributed by atoms with Gasteiger partial charge >= 0.3 is 5.97 Å². The number of nitrogens with zero attached hydrogens (tertiary/aromatic N) is 1. The van der Waals surface area contributed by atoms with Gasteiger partial charge in [0.2, 0.25) is 0 Å². The molecule has 0 aromatic heterocycles. The molecule has 0 aromatic rings. The van der Waals surface area contributed by atoms with Gasteiger partial charge in [0.05, 0.1) is 31.1 Å². The molecule has 7 heteroatoms. The van der Waals surface area contributed by atoms with Crippen LogP contribution in [-0.4, -0.2) is 68.7 Å². The van der Waals surface area contributed by atoms with E-state index in [0.717, 1.165) is 25.9 Å². The van der Waals surface area contributed by atoms with E-state index in [0.29, 0.717) is 19.8 Å². The summed E-state index contributed by atoms with van der Waals surface area (Å²) in [5.74, 6) is -0.758. The molecular weight excluding hydrogens is 270 g/mol. The monoisotopic (exact) mass is 291 g/mol. The van der Waals surface area contributed by atoms with Crippen LogP contribution in [0.3, 0.4) is 0 Å². The normalized spacial score (nSPS) is 23.2. The molecular formula is C12H21NO5S. The molecule has 0 atom stereocenters. The second-order valence-electron chi connectivity index (χ2n) is 5.62. The Kier molecular flexibility index (Phi) is 4.47. The van der Waals surface area contributed by atoms with Crippen molar-refractivity contribution >= 4 is 15.8 Å². The number of carbonyl (C=O) groups is 1. The molecule has 0 spiro atoms. The van der Waals surface area contributed by atoms with Gasteiger partial charge in [-0.15, -0.1) is 0 Å². The lowest BCUT2D eigenvalue weighted by Gasteiger charge is -2.26. The van der Waals surface area contributed by atoms with E-state index >= 15 is 0 Å². The van der Waals surface area contributed by atoms with Crippen LogP contribution < -0.4 is 0 Å². The predicted octanol–water partition coefficient (Wildman–Crippen LogP) is -0.0117. The van der Waals surface area contributed by atoms with E-state index < -0.39 is 21.2 Å². The molecule has 2 rings (SSSR count). The number of hydrogen-bond donors (Lipinski definition) is 1. The Hall–Kier alpha value is -0.660. The maximum atomic E-state index is 12.1. The molecule has 1 heterocycles. The molecule has 19 heavy (non-hydrogen) atoms. The standard InChI is InChI=1S/C12H21NO5S/c14-11(15)9-12(1-2-12)10-19(16,17)8-5-13-3-6-18-7-4-13/h1-10H2,(H,14,15). The van der Waals surface area contributed by atoms with E-state index in [2.05, 4.69) is 4.90 Å². The zero-order chi connectivity index (χ0) is 13.9. The Bertz CT molecular complexity index is 423. The molecule has 2 fully saturated rings. The minimum atomic E-state index is -3.17. The SMILES string of the molecule is O=C(O)CC1(CS(=O)(=O)CCN2CCOCC2)CC1. The number of aliphatic carboxylic acids is 1. The zero-order valence-electron chi connectivity index (χ0n) is 11.0. The summed E-state index contributed by atoms with van der Waals surface area (Å²) in [7, 11) is -3.17. The first kappa shape index (κ1) is 14.7. The van der Waals surface area contributed by atoms with Crippen molar-refractivity contribution in [2.75, 3.05) is 44.4 Å². The van der Waals surface area contributed by atoms with Crippen LogP contribution in [0.4, 0.5) is 0 Å². The molecule has 110 valence electrons. The molecule has 0 radical (unpaired) electrons. The van der Waals surface area contributed by atoms with Crippen molar-refractivity contribution in [1.82, 2.24) is 4.90 Å². The van der Waals surface area contributed by atoms with Crippen LogP contribution in [0.15, 0.2) is 0 Å². The van der Waals surface area contributed by atoms with Crippen LogP contribution in [0, 0.1) is 5.41 Å². The third-order valence-corrected chi connectivity index (χ3v) is 5.69. The van der Waals surface area contributed by atoms with Gasteiger partial charge in [-0.3, -0.25) is 9.69 Å². The number of carboxylic acids is 1. The molecule has 6 nitrogen and oxygen atoms in total. The Labute approximate surface area is 113 Å². The van der Waals surface area contributed by atoms with E-state index in [9.17, 15) is 13.2 Å². The molecule has 2 aliphatic rings. The summed E-state index contributed by atoms with van der Waals surface area (Å²) in [6.45, 7) is 3.38. The van der Waals surface area contributed by atoms with Gasteiger partial charge in [0.15, 0.2) is 9.84 Å². The maximum absolute atomic E-state index is 12.1. The van der Waals surface area contributed by atoms with Gasteiger partial charge in [-0.2, -0.15) is 0 Å². The van der Waals surface area contributed by atoms with Crippen LogP contribution >= 0.6 is 0 Å². The molecule has 1 N–H and O–H groups in total. The van der Waals surface area contributed by atoms with Crippen LogP contribution in [0.2, 0.25) is 0 Å². The molecule has 0 aromatic carbocycles. The van der Waals surface area contributed by atoms with Gasteiger partial charge in [-0.1, -0.05) is 0 Å². The highest BCUT2D eigenvalue weighted by atomic mass is 32.2. The van der Waals surface area contributed by atoms with Crippen molar-refractivity contribution in [3.8, 4) is 0 Å². The second-order valence-corrected chi connectivity index (χ2v) is 7.80. The predicted molar refractivity (Wildman–Crippen MR) is 69.8 cm³/mol. The smallest absolute Gasteiger partial charge is 0.303 e. The lowest BCUT2D eigenvalue weighted by Crippen LogP contribution is -2.39. The number of hydrogen-bond acceptors (Lipinski definition) is 5. The summed E-state index contributed by atoms with van der Waals surface area (Å²) in [4.78, 5) is 12.8. The van der Waals surface area contributed by atoms with Crippen molar-refractivity contribution in [3.05, 3.63) is 0 Å². The first-order valence-electron chi connectivity index (χ1n) is 6.63. The van der Waals surface area contributed by atoms with Gasteiger partial charge in [0.25, 0.3) is 0 Å². The molecule has 0 unspecified atom stereocenters. The highest BCUT2D eigenvalue weighted by molar-refractivity contribution is 7.91. The average Bonchev–Trinajstić information content (AvgIpc) is 3.05. The first-order valence-corrected chi connectivity index (χ1v) is 8.45. The fourth-order valence-corrected chi connectivity index (χ4v) is 4.51. The fraction of sp³-hybridized carbons (Fsp3) is 0.917. The van der Waals surface area contributed by atoms with Crippen LogP contribution in [-0.2, 0) is 19.4 Å². The van der Waals surface area contributed by atoms with Crippen molar-refractivity contribution < 1.29 is 23.1 Å². The van der Waals surface area contributed by atoms with E-state index in [-0.39, 0.29) is 17.9 Å². The molecule has 1 saturated heterocycles. The third-order valence-electron chi connectivity index (χ3n) is 3.83. The fourth-order valence-electron chi connectivity index (χ4n) is 2.50. The number of morpholine rings is 1. The lowest BCUT2D eigenvalue weighted by molar-refractivity contribution is -0.138. The average molecular weight is 291 g/mol. The Balaban J connectivity index is 1.80. The van der Waals surface area contributed by atoms with Gasteiger partial charge in [0.1, 0.15) is 0 Å². The molecule has 1 saturated carbocycles. The Morgan fingerprint density at radius 3 is 2.42 bits per heavy atom. The summed E-state index contributed by atoms with van der Waals surface area (Å²) in [6, 6.07) is 0.